The number of ether oxygens (including phenoxy) is 2. The van der Waals surface area contributed by atoms with Crippen LogP contribution in [0.25, 0.3) is 0 Å². The smallest absolute Gasteiger partial charge is 0.274 e. The van der Waals surface area contributed by atoms with E-state index in [0.29, 0.717) is 56.3 Å². The fourth-order valence-corrected chi connectivity index (χ4v) is 3.50. The van der Waals surface area contributed by atoms with Crippen molar-refractivity contribution in [2.45, 2.75) is 25.6 Å². The lowest BCUT2D eigenvalue weighted by Crippen LogP contribution is -2.47. The van der Waals surface area contributed by atoms with E-state index in [1.165, 1.54) is 6.92 Å². The summed E-state index contributed by atoms with van der Waals surface area (Å²) in [6, 6.07) is 10.6. The Balaban J connectivity index is 1.34. The molecule has 2 aliphatic heterocycles. The Labute approximate surface area is 168 Å². The van der Waals surface area contributed by atoms with E-state index in [1.54, 1.807) is 29.2 Å². The quantitative estimate of drug-likeness (QED) is 0.814. The van der Waals surface area contributed by atoms with E-state index in [0.717, 1.165) is 5.69 Å². The number of benzene rings is 1. The van der Waals surface area contributed by atoms with E-state index in [2.05, 4.69) is 20.8 Å². The summed E-state index contributed by atoms with van der Waals surface area (Å²) < 4.78 is 11.4. The van der Waals surface area contributed by atoms with Crippen molar-refractivity contribution in [3.63, 3.8) is 0 Å². The number of amides is 2. The summed E-state index contributed by atoms with van der Waals surface area (Å²) in [4.78, 5) is 25.5. The summed E-state index contributed by atoms with van der Waals surface area (Å²) >= 11 is 0. The Kier molecular flexibility index (Phi) is 5.41. The maximum Gasteiger partial charge on any atom is 0.274 e. The van der Waals surface area contributed by atoms with E-state index in [9.17, 15) is 9.59 Å². The molecule has 0 bridgehead atoms. The lowest BCUT2D eigenvalue weighted by molar-refractivity contribution is -0.181. The molecule has 4 rings (SSSR count). The molecule has 9 nitrogen and oxygen atoms in total. The summed E-state index contributed by atoms with van der Waals surface area (Å²) in [6.07, 6.45) is 1.33. The average molecular weight is 397 g/mol. The van der Waals surface area contributed by atoms with E-state index >= 15 is 0 Å². The molecule has 2 aliphatic rings. The molecular weight excluding hydrogens is 374 g/mol. The van der Waals surface area contributed by atoms with Crippen LogP contribution < -0.4 is 10.6 Å². The van der Waals surface area contributed by atoms with Crippen LogP contribution in [0.2, 0.25) is 0 Å². The van der Waals surface area contributed by atoms with Gasteiger partial charge in [-0.05, 0) is 36.4 Å². The van der Waals surface area contributed by atoms with Crippen molar-refractivity contribution in [2.75, 3.05) is 36.9 Å². The molecule has 2 amide bonds. The molecular formula is C20H23N5O4. The molecule has 1 spiro atoms. The van der Waals surface area contributed by atoms with Crippen molar-refractivity contribution >= 4 is 29.0 Å². The molecule has 1 aromatic heterocycles. The van der Waals surface area contributed by atoms with Gasteiger partial charge in [-0.3, -0.25) is 9.59 Å². The van der Waals surface area contributed by atoms with Gasteiger partial charge in [-0.2, -0.15) is 0 Å². The van der Waals surface area contributed by atoms with Gasteiger partial charge in [0.05, 0.1) is 13.2 Å². The van der Waals surface area contributed by atoms with Gasteiger partial charge < -0.3 is 25.0 Å². The molecule has 2 fully saturated rings. The first-order valence-corrected chi connectivity index (χ1v) is 9.59. The molecule has 9 heteroatoms. The van der Waals surface area contributed by atoms with Gasteiger partial charge in [0.2, 0.25) is 5.91 Å². The summed E-state index contributed by atoms with van der Waals surface area (Å²) in [5.74, 6) is -0.245. The number of carbonyl (C=O) groups is 2. The maximum atomic E-state index is 12.7. The third-order valence-electron chi connectivity index (χ3n) is 4.99. The topological polar surface area (TPSA) is 106 Å². The Morgan fingerprint density at radius 2 is 1.62 bits per heavy atom. The van der Waals surface area contributed by atoms with E-state index < -0.39 is 5.79 Å². The number of likely N-dealkylation sites (tertiary alicyclic amines) is 1. The van der Waals surface area contributed by atoms with Gasteiger partial charge in [0.25, 0.3) is 5.91 Å². The summed E-state index contributed by atoms with van der Waals surface area (Å²) in [5.41, 5.74) is 1.82. The zero-order valence-corrected chi connectivity index (χ0v) is 16.2. The summed E-state index contributed by atoms with van der Waals surface area (Å²) in [7, 11) is 0. The lowest BCUT2D eigenvalue weighted by Gasteiger charge is -2.37. The second-order valence-corrected chi connectivity index (χ2v) is 7.09. The molecule has 0 atom stereocenters. The number of piperidine rings is 1. The van der Waals surface area contributed by atoms with Crippen LogP contribution in [0.1, 0.15) is 30.3 Å². The monoisotopic (exact) mass is 397 g/mol. The Morgan fingerprint density at radius 3 is 2.21 bits per heavy atom. The van der Waals surface area contributed by atoms with E-state index in [4.69, 9.17) is 9.47 Å². The first-order valence-electron chi connectivity index (χ1n) is 9.59. The standard InChI is InChI=1S/C20H23N5O4/c1-14(26)21-15-2-4-16(5-3-15)22-18-7-6-17(23-24-18)19(27)25-10-8-20(9-11-25)28-12-13-29-20/h2-7H,8-13H2,1H3,(H,21,26)(H,22,24). The molecule has 29 heavy (non-hydrogen) atoms. The van der Waals surface area contributed by atoms with Crippen LogP contribution in [-0.2, 0) is 14.3 Å². The third kappa shape index (κ3) is 4.52. The van der Waals surface area contributed by atoms with Crippen molar-refractivity contribution in [1.29, 1.82) is 0 Å². The Morgan fingerprint density at radius 1 is 0.966 bits per heavy atom. The minimum atomic E-state index is -0.508. The van der Waals surface area contributed by atoms with Crippen molar-refractivity contribution in [3.05, 3.63) is 42.1 Å². The first kappa shape index (κ1) is 19.3. The third-order valence-corrected chi connectivity index (χ3v) is 4.99. The van der Waals surface area contributed by atoms with Crippen LogP contribution in [-0.4, -0.2) is 59.0 Å². The van der Waals surface area contributed by atoms with Crippen molar-refractivity contribution in [2.24, 2.45) is 0 Å². The van der Waals surface area contributed by atoms with Crippen LogP contribution in [0, 0.1) is 0 Å². The predicted molar refractivity (Wildman–Crippen MR) is 106 cm³/mol. The lowest BCUT2D eigenvalue weighted by atomic mass is 10.0. The predicted octanol–water partition coefficient (Wildman–Crippen LogP) is 2.16. The number of nitrogens with one attached hydrogen (secondary N) is 2. The highest BCUT2D eigenvalue weighted by atomic mass is 16.7. The average Bonchev–Trinajstić information content (AvgIpc) is 3.18. The Hall–Kier alpha value is -3.04. The molecule has 2 saturated heterocycles. The second kappa shape index (κ2) is 8.14. The highest BCUT2D eigenvalue weighted by Gasteiger charge is 2.41. The molecule has 0 aliphatic carbocycles. The molecule has 0 unspecified atom stereocenters. The van der Waals surface area contributed by atoms with Gasteiger partial charge >= 0.3 is 0 Å². The number of anilines is 3. The molecule has 2 aromatic rings. The first-order chi connectivity index (χ1) is 14.0. The molecule has 152 valence electrons. The number of nitrogens with zero attached hydrogens (tertiary/aromatic N) is 3. The van der Waals surface area contributed by atoms with E-state index in [-0.39, 0.29) is 11.8 Å². The molecule has 1 aromatic carbocycles. The summed E-state index contributed by atoms with van der Waals surface area (Å²) in [5, 5.41) is 14.0. The van der Waals surface area contributed by atoms with Crippen LogP contribution in [0.4, 0.5) is 17.2 Å². The molecule has 0 radical (unpaired) electrons. The number of hydrogen-bond donors (Lipinski definition) is 2. The Bertz CT molecular complexity index is 869. The van der Waals surface area contributed by atoms with Crippen molar-refractivity contribution in [3.8, 4) is 0 Å². The van der Waals surface area contributed by atoms with Crippen LogP contribution in [0.15, 0.2) is 36.4 Å². The largest absolute Gasteiger partial charge is 0.347 e. The van der Waals surface area contributed by atoms with Gasteiger partial charge in [-0.25, -0.2) is 0 Å². The number of hydrogen-bond acceptors (Lipinski definition) is 7. The fraction of sp³-hybridized carbons (Fsp3) is 0.400. The van der Waals surface area contributed by atoms with Crippen molar-refractivity contribution in [1.82, 2.24) is 15.1 Å². The molecule has 3 heterocycles. The normalized spacial score (nSPS) is 17.9. The zero-order chi connectivity index (χ0) is 20.3. The van der Waals surface area contributed by atoms with Gasteiger partial charge in [0, 0.05) is 44.2 Å². The maximum absolute atomic E-state index is 12.7. The highest BCUT2D eigenvalue weighted by Crippen LogP contribution is 2.31. The van der Waals surface area contributed by atoms with Gasteiger partial charge in [-0.1, -0.05) is 0 Å². The second-order valence-electron chi connectivity index (χ2n) is 7.09. The number of carbonyl (C=O) groups excluding carboxylic acids is 2. The fourth-order valence-electron chi connectivity index (χ4n) is 3.50. The van der Waals surface area contributed by atoms with Crippen molar-refractivity contribution < 1.29 is 19.1 Å². The van der Waals surface area contributed by atoms with Gasteiger partial charge in [0.1, 0.15) is 0 Å². The van der Waals surface area contributed by atoms with Gasteiger partial charge in [0.15, 0.2) is 17.3 Å². The van der Waals surface area contributed by atoms with Crippen LogP contribution in [0.3, 0.4) is 0 Å². The number of aromatic nitrogens is 2. The van der Waals surface area contributed by atoms with Crippen LogP contribution >= 0.6 is 0 Å². The highest BCUT2D eigenvalue weighted by molar-refractivity contribution is 5.92. The zero-order valence-electron chi connectivity index (χ0n) is 16.2. The van der Waals surface area contributed by atoms with E-state index in [1.807, 2.05) is 12.1 Å². The minimum absolute atomic E-state index is 0.121. The summed E-state index contributed by atoms with van der Waals surface area (Å²) in [6.45, 7) is 3.83. The minimum Gasteiger partial charge on any atom is -0.347 e. The SMILES string of the molecule is CC(=O)Nc1ccc(Nc2ccc(C(=O)N3CCC4(CC3)OCCO4)nn2)cc1. The van der Waals surface area contributed by atoms with Crippen LogP contribution in [0.5, 0.6) is 0 Å². The molecule has 2 N–H and O–H groups in total. The van der Waals surface area contributed by atoms with Gasteiger partial charge in [-0.15, -0.1) is 10.2 Å². The molecule has 0 saturated carbocycles. The number of rotatable bonds is 4.